The SMILES string of the molecule is C/C=C/C=C/C=C/C(=O)Oc1cc(O)cc(/C=C/c2ccc(O)cc2)c1. The maximum atomic E-state index is 11.8. The number of hydrogen-bond acceptors (Lipinski definition) is 4. The molecule has 0 aliphatic carbocycles. The van der Waals surface area contributed by atoms with E-state index >= 15 is 0 Å². The quantitative estimate of drug-likeness (QED) is 0.257. The predicted molar refractivity (Wildman–Crippen MR) is 104 cm³/mol. The van der Waals surface area contributed by atoms with E-state index in [0.717, 1.165) is 5.56 Å². The van der Waals surface area contributed by atoms with Crippen molar-refractivity contribution in [2.24, 2.45) is 0 Å². The molecule has 132 valence electrons. The fourth-order valence-corrected chi connectivity index (χ4v) is 2.06. The van der Waals surface area contributed by atoms with Gasteiger partial charge >= 0.3 is 5.97 Å². The molecule has 0 saturated heterocycles. The number of hydrogen-bond donors (Lipinski definition) is 2. The molecule has 2 N–H and O–H groups in total. The van der Waals surface area contributed by atoms with Crippen molar-refractivity contribution in [1.29, 1.82) is 0 Å². The Kier molecular flexibility index (Phi) is 7.01. The molecule has 26 heavy (non-hydrogen) atoms. The molecule has 4 nitrogen and oxygen atoms in total. The first kappa shape index (κ1) is 18.8. The molecule has 0 spiro atoms. The highest BCUT2D eigenvalue weighted by Crippen LogP contribution is 2.24. The van der Waals surface area contributed by atoms with Gasteiger partial charge in [0.05, 0.1) is 0 Å². The molecule has 0 saturated carbocycles. The molecule has 0 aromatic heterocycles. The molecule has 0 fully saturated rings. The van der Waals surface area contributed by atoms with E-state index in [4.69, 9.17) is 4.74 Å². The summed E-state index contributed by atoms with van der Waals surface area (Å²) < 4.78 is 5.21. The molecular formula is C22H20O4. The summed E-state index contributed by atoms with van der Waals surface area (Å²) in [5, 5.41) is 19.1. The van der Waals surface area contributed by atoms with Crippen molar-refractivity contribution in [2.45, 2.75) is 6.92 Å². The Morgan fingerprint density at radius 1 is 0.846 bits per heavy atom. The van der Waals surface area contributed by atoms with Gasteiger partial charge in [0.25, 0.3) is 0 Å². The van der Waals surface area contributed by atoms with Crippen molar-refractivity contribution in [1.82, 2.24) is 0 Å². The second kappa shape index (κ2) is 9.69. The number of ether oxygens (including phenoxy) is 1. The lowest BCUT2D eigenvalue weighted by molar-refractivity contribution is -0.128. The van der Waals surface area contributed by atoms with E-state index in [-0.39, 0.29) is 17.2 Å². The van der Waals surface area contributed by atoms with E-state index in [1.54, 1.807) is 60.7 Å². The molecule has 2 rings (SSSR count). The van der Waals surface area contributed by atoms with Crippen LogP contribution in [0.1, 0.15) is 18.1 Å². The molecule has 0 aliphatic rings. The molecule has 4 heteroatoms. The molecule has 0 heterocycles. The Morgan fingerprint density at radius 2 is 1.54 bits per heavy atom. The van der Waals surface area contributed by atoms with Crippen molar-refractivity contribution in [3.8, 4) is 17.2 Å². The van der Waals surface area contributed by atoms with Crippen molar-refractivity contribution in [3.63, 3.8) is 0 Å². The zero-order chi connectivity index (χ0) is 18.8. The van der Waals surface area contributed by atoms with Crippen LogP contribution in [0.5, 0.6) is 17.2 Å². The molecule has 2 aromatic carbocycles. The van der Waals surface area contributed by atoms with Gasteiger partial charge in [0.1, 0.15) is 17.2 Å². The van der Waals surface area contributed by atoms with Crippen LogP contribution in [-0.4, -0.2) is 16.2 Å². The summed E-state index contributed by atoms with van der Waals surface area (Å²) in [7, 11) is 0. The summed E-state index contributed by atoms with van der Waals surface area (Å²) in [5.41, 5.74) is 1.57. The Labute approximate surface area is 152 Å². The van der Waals surface area contributed by atoms with Crippen LogP contribution in [0.3, 0.4) is 0 Å². The number of allylic oxidation sites excluding steroid dienone is 5. The van der Waals surface area contributed by atoms with Crippen molar-refractivity contribution < 1.29 is 19.7 Å². The summed E-state index contributed by atoms with van der Waals surface area (Å²) in [6.45, 7) is 1.90. The second-order valence-corrected chi connectivity index (χ2v) is 5.38. The average Bonchev–Trinajstić information content (AvgIpc) is 2.60. The van der Waals surface area contributed by atoms with Gasteiger partial charge in [-0.15, -0.1) is 0 Å². The number of esters is 1. The topological polar surface area (TPSA) is 66.8 Å². The molecule has 0 unspecified atom stereocenters. The average molecular weight is 348 g/mol. The minimum atomic E-state index is -0.533. The van der Waals surface area contributed by atoms with Crippen LogP contribution in [-0.2, 0) is 4.79 Å². The van der Waals surface area contributed by atoms with Gasteiger partial charge in [-0.1, -0.05) is 54.7 Å². The lowest BCUT2D eigenvalue weighted by Crippen LogP contribution is -2.03. The van der Waals surface area contributed by atoms with Gasteiger partial charge in [-0.2, -0.15) is 0 Å². The van der Waals surface area contributed by atoms with Gasteiger partial charge < -0.3 is 14.9 Å². The lowest BCUT2D eigenvalue weighted by atomic mass is 10.1. The van der Waals surface area contributed by atoms with Crippen LogP contribution in [0.2, 0.25) is 0 Å². The third-order valence-electron chi connectivity index (χ3n) is 3.25. The van der Waals surface area contributed by atoms with Crippen LogP contribution in [0.15, 0.2) is 78.9 Å². The lowest BCUT2D eigenvalue weighted by Gasteiger charge is -2.04. The van der Waals surface area contributed by atoms with Crippen LogP contribution in [0.4, 0.5) is 0 Å². The van der Waals surface area contributed by atoms with Crippen LogP contribution < -0.4 is 4.74 Å². The first-order chi connectivity index (χ1) is 12.6. The maximum Gasteiger partial charge on any atom is 0.336 e. The number of phenols is 2. The molecule has 0 radical (unpaired) electrons. The van der Waals surface area contributed by atoms with Crippen LogP contribution in [0.25, 0.3) is 12.2 Å². The predicted octanol–water partition coefficient (Wildman–Crippen LogP) is 4.86. The van der Waals surface area contributed by atoms with Crippen LogP contribution in [0, 0.1) is 0 Å². The number of carbonyl (C=O) groups is 1. The Balaban J connectivity index is 2.06. The van der Waals surface area contributed by atoms with E-state index in [1.165, 1.54) is 12.1 Å². The summed E-state index contributed by atoms with van der Waals surface area (Å²) in [6, 6.07) is 11.3. The smallest absolute Gasteiger partial charge is 0.336 e. The van der Waals surface area contributed by atoms with Gasteiger partial charge in [0, 0.05) is 12.1 Å². The minimum Gasteiger partial charge on any atom is -0.508 e. The van der Waals surface area contributed by atoms with Crippen LogP contribution >= 0.6 is 0 Å². The first-order valence-electron chi connectivity index (χ1n) is 8.06. The maximum absolute atomic E-state index is 11.8. The first-order valence-corrected chi connectivity index (χ1v) is 8.06. The largest absolute Gasteiger partial charge is 0.508 e. The third-order valence-corrected chi connectivity index (χ3v) is 3.25. The Hall–Kier alpha value is -3.53. The van der Waals surface area contributed by atoms with Crippen molar-refractivity contribution in [2.75, 3.05) is 0 Å². The standard InChI is InChI=1S/C22H20O4/c1-2-3-4-5-6-7-22(25)26-21-15-18(14-20(24)16-21)9-8-17-10-12-19(23)13-11-17/h2-16,23-24H,1H3/b3-2+,5-4+,7-6+,9-8+. The molecule has 0 aliphatic heterocycles. The second-order valence-electron chi connectivity index (χ2n) is 5.38. The summed E-state index contributed by atoms with van der Waals surface area (Å²) in [4.78, 5) is 11.8. The Bertz CT molecular complexity index is 856. The Morgan fingerprint density at radius 3 is 2.27 bits per heavy atom. The number of phenolic OH excluding ortho intramolecular Hbond substituents is 2. The fraction of sp³-hybridized carbons (Fsp3) is 0.0455. The number of benzene rings is 2. The van der Waals surface area contributed by atoms with E-state index in [9.17, 15) is 15.0 Å². The minimum absolute atomic E-state index is 0.00221. The van der Waals surface area contributed by atoms with Gasteiger partial charge in [-0.05, 0) is 42.3 Å². The van der Waals surface area contributed by atoms with Crippen molar-refractivity contribution in [3.05, 3.63) is 90.0 Å². The van der Waals surface area contributed by atoms with E-state index in [1.807, 2.05) is 25.2 Å². The molecular weight excluding hydrogens is 328 g/mol. The normalized spacial score (nSPS) is 11.9. The summed E-state index contributed by atoms with van der Waals surface area (Å²) in [6.07, 6.45) is 13.7. The molecule has 2 aromatic rings. The fourth-order valence-electron chi connectivity index (χ4n) is 2.06. The zero-order valence-electron chi connectivity index (χ0n) is 14.4. The number of aromatic hydroxyl groups is 2. The highest BCUT2D eigenvalue weighted by atomic mass is 16.5. The monoisotopic (exact) mass is 348 g/mol. The highest BCUT2D eigenvalue weighted by Gasteiger charge is 2.03. The van der Waals surface area contributed by atoms with E-state index in [2.05, 4.69) is 0 Å². The number of rotatable bonds is 6. The summed E-state index contributed by atoms with van der Waals surface area (Å²) in [5.74, 6) is -0.0865. The molecule has 0 atom stereocenters. The zero-order valence-corrected chi connectivity index (χ0v) is 14.4. The van der Waals surface area contributed by atoms with Gasteiger partial charge in [-0.25, -0.2) is 4.79 Å². The molecule has 0 bridgehead atoms. The highest BCUT2D eigenvalue weighted by molar-refractivity contribution is 5.84. The number of carbonyl (C=O) groups excluding carboxylic acids is 1. The third kappa shape index (κ3) is 6.53. The van der Waals surface area contributed by atoms with Gasteiger partial charge in [-0.3, -0.25) is 0 Å². The van der Waals surface area contributed by atoms with Crippen molar-refractivity contribution >= 4 is 18.1 Å². The van der Waals surface area contributed by atoms with Gasteiger partial charge in [0.15, 0.2) is 0 Å². The summed E-state index contributed by atoms with van der Waals surface area (Å²) >= 11 is 0. The van der Waals surface area contributed by atoms with E-state index in [0.29, 0.717) is 5.56 Å². The molecule has 0 amide bonds. The van der Waals surface area contributed by atoms with Gasteiger partial charge in [0.2, 0.25) is 0 Å². The van der Waals surface area contributed by atoms with E-state index < -0.39 is 5.97 Å².